The summed E-state index contributed by atoms with van der Waals surface area (Å²) >= 11 is 14.4. The SMILES string of the molecule is COc1ccc2c3c(cccc13)[P@]1(=S)S[P@@]2(=S)N1[Si](C)(C)C. The van der Waals surface area contributed by atoms with Crippen molar-refractivity contribution < 1.29 is 4.74 Å². The number of methoxy groups -OCH3 is 1. The van der Waals surface area contributed by atoms with Crippen LogP contribution in [-0.2, 0) is 23.6 Å². The Labute approximate surface area is 146 Å². The summed E-state index contributed by atoms with van der Waals surface area (Å²) in [7, 11) is 0.181. The topological polar surface area (TPSA) is 12.5 Å². The van der Waals surface area contributed by atoms with Crippen LogP contribution < -0.4 is 15.3 Å². The van der Waals surface area contributed by atoms with Gasteiger partial charge in [0.1, 0.15) is 24.8 Å². The van der Waals surface area contributed by atoms with Gasteiger partial charge in [-0.3, -0.25) is 0 Å². The lowest BCUT2D eigenvalue weighted by Crippen LogP contribution is -2.50. The summed E-state index contributed by atoms with van der Waals surface area (Å²) in [6.07, 6.45) is 0. The standard InChI is InChI=1S/C14H17NOP2S3Si/c1-16-11-8-9-13-14-10(11)6-5-7-12(14)17(19)15(22(2,3)4)18(13,20)21-17/h5-9H,1-4H3/t17-,18+/m0/s1. The molecule has 2 atom stereocenters. The fourth-order valence-electron chi connectivity index (χ4n) is 3.42. The van der Waals surface area contributed by atoms with Crippen molar-refractivity contribution in [1.82, 2.24) is 4.11 Å². The Kier molecular flexibility index (Phi) is 3.38. The van der Waals surface area contributed by atoms with Crippen molar-refractivity contribution in [2.24, 2.45) is 0 Å². The molecule has 0 amide bonds. The van der Waals surface area contributed by atoms with Crippen molar-refractivity contribution in [1.29, 1.82) is 0 Å². The van der Waals surface area contributed by atoms with Gasteiger partial charge in [0.25, 0.3) is 0 Å². The summed E-state index contributed by atoms with van der Waals surface area (Å²) in [5.74, 6) is 0.928. The van der Waals surface area contributed by atoms with Crippen molar-refractivity contribution in [2.45, 2.75) is 19.6 Å². The number of nitrogens with zero attached hydrogens (tertiary/aromatic N) is 1. The molecule has 22 heavy (non-hydrogen) atoms. The second kappa shape index (κ2) is 4.69. The minimum absolute atomic E-state index is 0.928. The first kappa shape index (κ1) is 15.8. The van der Waals surface area contributed by atoms with E-state index in [-0.39, 0.29) is 0 Å². The van der Waals surface area contributed by atoms with E-state index in [0.717, 1.165) is 5.75 Å². The maximum atomic E-state index is 6.23. The first-order chi connectivity index (χ1) is 10.2. The van der Waals surface area contributed by atoms with Gasteiger partial charge in [-0.05, 0) is 23.1 Å². The van der Waals surface area contributed by atoms with Crippen molar-refractivity contribution in [3.63, 3.8) is 0 Å². The van der Waals surface area contributed by atoms with E-state index in [9.17, 15) is 0 Å². The molecule has 116 valence electrons. The predicted octanol–water partition coefficient (Wildman–Crippen LogP) is 4.62. The van der Waals surface area contributed by atoms with Gasteiger partial charge in [0.15, 0.2) is 0 Å². The Hall–Kier alpha value is 0.327. The summed E-state index contributed by atoms with van der Waals surface area (Å²) in [5, 5.41) is 1.68. The fraction of sp³-hybridized carbons (Fsp3) is 0.286. The molecular weight excluding hydrogens is 384 g/mol. The number of benzene rings is 2. The monoisotopic (exact) mass is 401 g/mol. The molecule has 2 aromatic rings. The molecule has 0 saturated carbocycles. The van der Waals surface area contributed by atoms with Gasteiger partial charge in [0.2, 0.25) is 0 Å². The van der Waals surface area contributed by atoms with Crippen molar-refractivity contribution in [3.8, 4) is 5.75 Å². The van der Waals surface area contributed by atoms with Crippen LogP contribution in [-0.4, -0.2) is 19.5 Å². The first-order valence-electron chi connectivity index (χ1n) is 7.07. The third kappa shape index (κ3) is 1.78. The van der Waals surface area contributed by atoms with E-state index >= 15 is 0 Å². The van der Waals surface area contributed by atoms with E-state index in [1.165, 1.54) is 21.4 Å². The van der Waals surface area contributed by atoms with Crippen LogP contribution in [0.4, 0.5) is 0 Å². The summed E-state index contributed by atoms with van der Waals surface area (Å²) in [5.41, 5.74) is 0. The van der Waals surface area contributed by atoms with Crippen LogP contribution in [0.1, 0.15) is 0 Å². The molecule has 0 radical (unpaired) electrons. The molecule has 3 aliphatic heterocycles. The molecule has 2 bridgehead atoms. The molecule has 0 aromatic heterocycles. The van der Waals surface area contributed by atoms with Gasteiger partial charge in [-0.15, -0.1) is 0 Å². The zero-order chi connectivity index (χ0) is 15.9. The summed E-state index contributed by atoms with van der Waals surface area (Å²) in [4.78, 5) is 0. The van der Waals surface area contributed by atoms with Crippen LogP contribution in [0, 0.1) is 0 Å². The lowest BCUT2D eigenvalue weighted by atomic mass is 10.1. The van der Waals surface area contributed by atoms with Gasteiger partial charge in [0.05, 0.1) is 7.11 Å². The van der Waals surface area contributed by atoms with E-state index in [0.29, 0.717) is 0 Å². The average Bonchev–Trinajstić information content (AvgIpc) is 2.41. The zero-order valence-electron chi connectivity index (χ0n) is 12.9. The van der Waals surface area contributed by atoms with E-state index in [2.05, 4.69) is 54.1 Å². The number of hydrogen-bond donors (Lipinski definition) is 0. The van der Waals surface area contributed by atoms with E-state index < -0.39 is 19.0 Å². The molecule has 2 aromatic carbocycles. The maximum absolute atomic E-state index is 6.23. The summed E-state index contributed by atoms with van der Waals surface area (Å²) in [6.45, 7) is 7.14. The molecular formula is C14H17NOP2S3Si. The quantitative estimate of drug-likeness (QED) is 0.536. The van der Waals surface area contributed by atoms with Gasteiger partial charge in [-0.1, -0.05) is 61.5 Å². The molecule has 1 saturated heterocycles. The molecule has 0 N–H and O–H groups in total. The molecule has 3 aliphatic rings. The van der Waals surface area contributed by atoms with Crippen LogP contribution in [0.5, 0.6) is 5.75 Å². The van der Waals surface area contributed by atoms with Crippen molar-refractivity contribution >= 4 is 75.0 Å². The van der Waals surface area contributed by atoms with E-state index in [1.54, 1.807) is 7.11 Å². The highest BCUT2D eigenvalue weighted by molar-refractivity contribution is 9.07. The Morgan fingerprint density at radius 1 is 1.05 bits per heavy atom. The molecule has 1 fully saturated rings. The fourth-order valence-corrected chi connectivity index (χ4v) is 45.3. The Balaban J connectivity index is 2.15. The largest absolute Gasteiger partial charge is 0.496 e. The zero-order valence-corrected chi connectivity index (χ0v) is 18.1. The van der Waals surface area contributed by atoms with Crippen molar-refractivity contribution in [3.05, 3.63) is 30.3 Å². The average molecular weight is 402 g/mol. The highest BCUT2D eigenvalue weighted by Gasteiger charge is 2.61. The predicted molar refractivity (Wildman–Crippen MR) is 111 cm³/mol. The Bertz CT molecular complexity index is 894. The number of rotatable bonds is 2. The number of hydrogen-bond acceptors (Lipinski definition) is 4. The van der Waals surface area contributed by atoms with Crippen LogP contribution in [0.3, 0.4) is 0 Å². The second-order valence-corrected chi connectivity index (χ2v) is 26.1. The second-order valence-electron chi connectivity index (χ2n) is 6.57. The smallest absolute Gasteiger partial charge is 0.132 e. The molecule has 8 heteroatoms. The van der Waals surface area contributed by atoms with Crippen molar-refractivity contribution in [2.75, 3.05) is 7.11 Å². The third-order valence-electron chi connectivity index (χ3n) is 4.11. The summed E-state index contributed by atoms with van der Waals surface area (Å²) < 4.78 is 8.22. The van der Waals surface area contributed by atoms with Gasteiger partial charge in [-0.2, -0.15) is 0 Å². The third-order valence-corrected chi connectivity index (χ3v) is 32.1. The lowest BCUT2D eigenvalue weighted by molar-refractivity contribution is 0.420. The maximum Gasteiger partial charge on any atom is 0.132 e. The van der Waals surface area contributed by atoms with E-state index in [4.69, 9.17) is 28.4 Å². The van der Waals surface area contributed by atoms with Gasteiger partial charge in [0, 0.05) is 21.4 Å². The number of ether oxygens (including phenoxy) is 1. The van der Waals surface area contributed by atoms with Crippen LogP contribution in [0.25, 0.3) is 10.8 Å². The molecule has 0 aliphatic carbocycles. The molecule has 5 rings (SSSR count). The summed E-state index contributed by atoms with van der Waals surface area (Å²) in [6, 6.07) is 10.8. The van der Waals surface area contributed by atoms with E-state index in [1.807, 2.05) is 11.0 Å². The highest BCUT2D eigenvalue weighted by Crippen LogP contribution is 2.98. The van der Waals surface area contributed by atoms with Crippen LogP contribution in [0.2, 0.25) is 19.6 Å². The van der Waals surface area contributed by atoms with Gasteiger partial charge >= 0.3 is 0 Å². The minimum atomic E-state index is -1.74. The van der Waals surface area contributed by atoms with Gasteiger partial charge < -0.3 is 4.74 Å². The normalized spacial score (nSPS) is 30.2. The Morgan fingerprint density at radius 2 is 1.68 bits per heavy atom. The molecule has 3 heterocycles. The molecule has 2 nitrogen and oxygen atoms in total. The highest BCUT2D eigenvalue weighted by atomic mass is 33.2. The first-order valence-corrected chi connectivity index (χ1v) is 18.1. The molecule has 0 unspecified atom stereocenters. The lowest BCUT2D eigenvalue weighted by Gasteiger charge is -2.61. The Morgan fingerprint density at radius 3 is 2.27 bits per heavy atom. The van der Waals surface area contributed by atoms with Crippen LogP contribution in [0.15, 0.2) is 30.3 Å². The van der Waals surface area contributed by atoms with Crippen LogP contribution >= 0.6 is 21.8 Å². The minimum Gasteiger partial charge on any atom is -0.496 e. The van der Waals surface area contributed by atoms with Gasteiger partial charge in [-0.25, -0.2) is 4.11 Å². The molecule has 0 spiro atoms.